The number of fused-ring (bicyclic) bond motifs is 1. The lowest BCUT2D eigenvalue weighted by Crippen LogP contribution is -2.52. The van der Waals surface area contributed by atoms with Crippen LogP contribution in [-0.2, 0) is 20.9 Å². The molecule has 10 heteroatoms. The van der Waals surface area contributed by atoms with Gasteiger partial charge < -0.3 is 25.3 Å². The molecule has 9 nitrogen and oxygen atoms in total. The predicted molar refractivity (Wildman–Crippen MR) is 140 cm³/mol. The quantitative estimate of drug-likeness (QED) is 0.386. The van der Waals surface area contributed by atoms with E-state index in [4.69, 9.17) is 4.74 Å². The molecule has 2 aromatic carbocycles. The maximum absolute atomic E-state index is 14.1. The average Bonchev–Trinajstić information content (AvgIpc) is 3.38. The summed E-state index contributed by atoms with van der Waals surface area (Å²) in [6.07, 6.45) is 2.72. The van der Waals surface area contributed by atoms with Crippen LogP contribution in [0.3, 0.4) is 0 Å². The number of para-hydroxylation sites is 1. The summed E-state index contributed by atoms with van der Waals surface area (Å²) < 4.78 is 19.4. The van der Waals surface area contributed by atoms with E-state index in [9.17, 15) is 18.8 Å². The fraction of sp³-hybridized carbons (Fsp3) is 0.429. The van der Waals surface area contributed by atoms with E-state index in [-0.39, 0.29) is 30.5 Å². The van der Waals surface area contributed by atoms with Gasteiger partial charge in [-0.1, -0.05) is 43.3 Å². The number of H-pyrrole nitrogens is 1. The molecule has 38 heavy (non-hydrogen) atoms. The molecule has 1 aliphatic heterocycles. The van der Waals surface area contributed by atoms with Gasteiger partial charge >= 0.3 is 6.09 Å². The SMILES string of the molecule is CC[C@H]1CCCCN1C(=O)C[C@H](NC(=O)OCc1ccccc1)C(=O)N[C@@H](C)c1nc2c(F)cccc2[nH]1. The van der Waals surface area contributed by atoms with Gasteiger partial charge in [-0.3, -0.25) is 9.59 Å². The van der Waals surface area contributed by atoms with Gasteiger partial charge in [-0.25, -0.2) is 14.2 Å². The van der Waals surface area contributed by atoms with Crippen molar-refractivity contribution in [1.29, 1.82) is 0 Å². The third-order valence-corrected chi connectivity index (χ3v) is 6.87. The maximum atomic E-state index is 14.1. The van der Waals surface area contributed by atoms with Crippen LogP contribution in [0.15, 0.2) is 48.5 Å². The lowest BCUT2D eigenvalue weighted by Gasteiger charge is -2.36. The molecule has 0 bridgehead atoms. The number of hydrogen-bond donors (Lipinski definition) is 3. The molecule has 0 spiro atoms. The monoisotopic (exact) mass is 523 g/mol. The number of ether oxygens (including phenoxy) is 1. The minimum absolute atomic E-state index is 0.0277. The zero-order valence-electron chi connectivity index (χ0n) is 21.7. The number of hydrogen-bond acceptors (Lipinski definition) is 5. The van der Waals surface area contributed by atoms with Crippen molar-refractivity contribution in [2.24, 2.45) is 0 Å². The molecule has 0 saturated carbocycles. The second-order valence-electron chi connectivity index (χ2n) is 9.60. The molecule has 202 valence electrons. The average molecular weight is 524 g/mol. The number of benzene rings is 2. The summed E-state index contributed by atoms with van der Waals surface area (Å²) in [6, 6.07) is 12.1. The summed E-state index contributed by atoms with van der Waals surface area (Å²) in [5.41, 5.74) is 1.48. The summed E-state index contributed by atoms with van der Waals surface area (Å²) >= 11 is 0. The first-order chi connectivity index (χ1) is 18.4. The van der Waals surface area contributed by atoms with Gasteiger partial charge in [0.25, 0.3) is 0 Å². The number of imidazole rings is 1. The van der Waals surface area contributed by atoms with Crippen molar-refractivity contribution in [1.82, 2.24) is 25.5 Å². The number of carbonyl (C=O) groups is 3. The standard InChI is InChI=1S/C28H34FN5O4/c1-3-20-12-7-8-15-34(20)24(35)16-23(32-28(37)38-17-19-10-5-4-6-11-19)27(36)30-18(2)26-31-22-14-9-13-21(29)25(22)33-26/h4-6,9-11,13-14,18,20,23H,3,7-8,12,15-17H2,1-2H3,(H,30,36)(H,31,33)(H,32,37)/t18-,20-,23-/m0/s1. The Kier molecular flexibility index (Phi) is 8.93. The third kappa shape index (κ3) is 6.67. The van der Waals surface area contributed by atoms with E-state index in [0.717, 1.165) is 31.2 Å². The van der Waals surface area contributed by atoms with E-state index in [0.29, 0.717) is 17.9 Å². The van der Waals surface area contributed by atoms with Crippen LogP contribution >= 0.6 is 0 Å². The molecule has 2 heterocycles. The molecule has 3 amide bonds. The Morgan fingerprint density at radius 1 is 1.13 bits per heavy atom. The number of amides is 3. The van der Waals surface area contributed by atoms with Crippen LogP contribution in [0.1, 0.15) is 63.4 Å². The Hall–Kier alpha value is -3.95. The highest BCUT2D eigenvalue weighted by atomic mass is 19.1. The fourth-order valence-corrected chi connectivity index (χ4v) is 4.77. The summed E-state index contributed by atoms with van der Waals surface area (Å²) in [6.45, 7) is 4.39. The number of halogens is 1. The van der Waals surface area contributed by atoms with E-state index in [2.05, 4.69) is 20.6 Å². The van der Waals surface area contributed by atoms with E-state index >= 15 is 0 Å². The molecule has 1 fully saturated rings. The van der Waals surface area contributed by atoms with Crippen LogP contribution in [0.5, 0.6) is 0 Å². The molecule has 0 aliphatic carbocycles. The Balaban J connectivity index is 1.46. The van der Waals surface area contributed by atoms with Gasteiger partial charge in [-0.15, -0.1) is 0 Å². The fourth-order valence-electron chi connectivity index (χ4n) is 4.77. The van der Waals surface area contributed by atoms with Crippen molar-refractivity contribution in [3.05, 3.63) is 65.7 Å². The van der Waals surface area contributed by atoms with Crippen molar-refractivity contribution in [2.75, 3.05) is 6.54 Å². The Labute approximate surface area is 221 Å². The van der Waals surface area contributed by atoms with Crippen LogP contribution < -0.4 is 10.6 Å². The zero-order valence-corrected chi connectivity index (χ0v) is 21.7. The van der Waals surface area contributed by atoms with Crippen molar-refractivity contribution < 1.29 is 23.5 Å². The molecule has 1 saturated heterocycles. The number of likely N-dealkylation sites (tertiary alicyclic amines) is 1. The lowest BCUT2D eigenvalue weighted by molar-refractivity contribution is -0.138. The number of rotatable bonds is 9. The number of nitrogens with one attached hydrogen (secondary N) is 3. The van der Waals surface area contributed by atoms with Crippen LogP contribution in [0, 0.1) is 5.82 Å². The van der Waals surface area contributed by atoms with Crippen molar-refractivity contribution in [3.63, 3.8) is 0 Å². The summed E-state index contributed by atoms with van der Waals surface area (Å²) in [5.74, 6) is -0.869. The van der Waals surface area contributed by atoms with Crippen LogP contribution in [-0.4, -0.2) is 51.4 Å². The minimum Gasteiger partial charge on any atom is -0.445 e. The molecular weight excluding hydrogens is 489 g/mol. The second-order valence-corrected chi connectivity index (χ2v) is 9.60. The number of aromatic amines is 1. The molecule has 1 aliphatic rings. The predicted octanol–water partition coefficient (Wildman–Crippen LogP) is 4.36. The first-order valence-corrected chi connectivity index (χ1v) is 13.1. The maximum Gasteiger partial charge on any atom is 0.408 e. The van der Waals surface area contributed by atoms with Gasteiger partial charge in [0.1, 0.15) is 24.0 Å². The molecular formula is C28H34FN5O4. The molecule has 0 unspecified atom stereocenters. The molecule has 3 N–H and O–H groups in total. The number of nitrogens with zero attached hydrogens (tertiary/aromatic N) is 2. The molecule has 4 rings (SSSR count). The van der Waals surface area contributed by atoms with Crippen LogP contribution in [0.2, 0.25) is 0 Å². The normalized spacial score (nSPS) is 17.0. The zero-order chi connectivity index (χ0) is 27.1. The molecule has 1 aromatic heterocycles. The van der Waals surface area contributed by atoms with Gasteiger partial charge in [-0.05, 0) is 50.3 Å². The molecule has 0 radical (unpaired) electrons. The van der Waals surface area contributed by atoms with E-state index in [1.54, 1.807) is 19.1 Å². The Morgan fingerprint density at radius 3 is 2.66 bits per heavy atom. The van der Waals surface area contributed by atoms with E-state index in [1.807, 2.05) is 42.2 Å². The first-order valence-electron chi connectivity index (χ1n) is 13.1. The van der Waals surface area contributed by atoms with Gasteiger partial charge in [0.15, 0.2) is 5.82 Å². The van der Waals surface area contributed by atoms with E-state index < -0.39 is 29.9 Å². The third-order valence-electron chi connectivity index (χ3n) is 6.87. The topological polar surface area (TPSA) is 116 Å². The largest absolute Gasteiger partial charge is 0.445 e. The number of alkyl carbamates (subject to hydrolysis) is 1. The number of piperidine rings is 1. The summed E-state index contributed by atoms with van der Waals surface area (Å²) in [5, 5.41) is 5.36. The van der Waals surface area contributed by atoms with Crippen molar-refractivity contribution in [2.45, 2.75) is 70.7 Å². The van der Waals surface area contributed by atoms with Crippen LogP contribution in [0.25, 0.3) is 11.0 Å². The summed E-state index contributed by atoms with van der Waals surface area (Å²) in [7, 11) is 0. The summed E-state index contributed by atoms with van der Waals surface area (Å²) in [4.78, 5) is 48.3. The second kappa shape index (κ2) is 12.5. The van der Waals surface area contributed by atoms with Crippen molar-refractivity contribution in [3.8, 4) is 0 Å². The number of aromatic nitrogens is 2. The van der Waals surface area contributed by atoms with Gasteiger partial charge in [0, 0.05) is 12.6 Å². The highest BCUT2D eigenvalue weighted by Gasteiger charge is 2.32. The smallest absolute Gasteiger partial charge is 0.408 e. The Morgan fingerprint density at radius 2 is 1.92 bits per heavy atom. The minimum atomic E-state index is -1.16. The first kappa shape index (κ1) is 27.1. The lowest BCUT2D eigenvalue weighted by atomic mass is 9.99. The highest BCUT2D eigenvalue weighted by Crippen LogP contribution is 2.22. The molecule has 3 atom stereocenters. The highest BCUT2D eigenvalue weighted by molar-refractivity contribution is 5.91. The van der Waals surface area contributed by atoms with E-state index in [1.165, 1.54) is 6.07 Å². The van der Waals surface area contributed by atoms with Crippen LogP contribution in [0.4, 0.5) is 9.18 Å². The Bertz CT molecular complexity index is 1260. The van der Waals surface area contributed by atoms with Gasteiger partial charge in [0.05, 0.1) is 18.0 Å². The number of carbonyl (C=O) groups excluding carboxylic acids is 3. The van der Waals surface area contributed by atoms with Gasteiger partial charge in [0.2, 0.25) is 11.8 Å². The molecule has 3 aromatic rings. The van der Waals surface area contributed by atoms with Crippen molar-refractivity contribution >= 4 is 28.9 Å². The van der Waals surface area contributed by atoms with Gasteiger partial charge in [-0.2, -0.15) is 0 Å².